The summed E-state index contributed by atoms with van der Waals surface area (Å²) >= 11 is 9.23. The molecule has 2 rings (SSSR count). The molecule has 0 saturated heterocycles. The maximum Gasteiger partial charge on any atom is 0.148 e. The summed E-state index contributed by atoms with van der Waals surface area (Å²) < 4.78 is 0.767. The van der Waals surface area contributed by atoms with Crippen molar-refractivity contribution < 1.29 is 0 Å². The van der Waals surface area contributed by atoms with Crippen LogP contribution >= 0.6 is 27.5 Å². The van der Waals surface area contributed by atoms with Crippen molar-refractivity contribution in [3.8, 4) is 6.07 Å². The minimum atomic E-state index is 0.390. The van der Waals surface area contributed by atoms with E-state index < -0.39 is 0 Å². The lowest BCUT2D eigenvalue weighted by molar-refractivity contribution is 1.29. The number of nitrogens with zero attached hydrogens (tertiary/aromatic N) is 2. The molecule has 1 aromatic carbocycles. The van der Waals surface area contributed by atoms with Gasteiger partial charge in [-0.15, -0.1) is 0 Å². The van der Waals surface area contributed by atoms with Gasteiger partial charge in [0, 0.05) is 10.2 Å². The second kappa shape index (κ2) is 5.25. The van der Waals surface area contributed by atoms with Crippen LogP contribution in [0.15, 0.2) is 34.9 Å². The summed E-state index contributed by atoms with van der Waals surface area (Å²) in [6.07, 6.45) is 1.49. The average Bonchev–Trinajstić information content (AvgIpc) is 2.36. The Bertz CT molecular complexity index is 636. The molecule has 0 aliphatic carbocycles. The number of nitrogen functional groups attached to an aromatic ring is 1. The Morgan fingerprint density at radius 1 is 1.39 bits per heavy atom. The molecule has 0 radical (unpaired) electrons. The van der Waals surface area contributed by atoms with E-state index in [4.69, 9.17) is 22.6 Å². The Morgan fingerprint density at radius 2 is 2.17 bits per heavy atom. The summed E-state index contributed by atoms with van der Waals surface area (Å²) in [5, 5.41) is 12.7. The molecule has 4 nitrogen and oxygen atoms in total. The Balaban J connectivity index is 2.34. The molecule has 0 bridgehead atoms. The number of hydrogen-bond donors (Lipinski definition) is 2. The van der Waals surface area contributed by atoms with Crippen LogP contribution < -0.4 is 11.1 Å². The third-order valence-electron chi connectivity index (χ3n) is 2.21. The Kier molecular flexibility index (Phi) is 3.70. The number of nitrogens with two attached hydrogens (primary N) is 1. The largest absolute Gasteiger partial charge is 0.397 e. The van der Waals surface area contributed by atoms with E-state index in [1.165, 1.54) is 6.20 Å². The van der Waals surface area contributed by atoms with Crippen molar-refractivity contribution in [3.05, 3.63) is 45.5 Å². The molecule has 2 aromatic rings. The number of nitriles is 1. The molecule has 0 saturated carbocycles. The van der Waals surface area contributed by atoms with Crippen LogP contribution in [0.3, 0.4) is 0 Å². The van der Waals surface area contributed by atoms with E-state index in [1.807, 2.05) is 12.1 Å². The highest BCUT2D eigenvalue weighted by atomic mass is 79.9. The fraction of sp³-hybridized carbons (Fsp3) is 0. The molecule has 0 spiro atoms. The first-order chi connectivity index (χ1) is 8.60. The van der Waals surface area contributed by atoms with Gasteiger partial charge in [-0.05, 0) is 40.2 Å². The molecule has 0 unspecified atom stereocenters. The monoisotopic (exact) mass is 322 g/mol. The van der Waals surface area contributed by atoms with Crippen molar-refractivity contribution in [2.24, 2.45) is 0 Å². The first kappa shape index (κ1) is 12.7. The SMILES string of the molecule is N#Cc1cc(N)cnc1Nc1ccc(Cl)c(Br)c1. The number of pyridine rings is 1. The summed E-state index contributed by atoms with van der Waals surface area (Å²) in [4.78, 5) is 4.09. The third-order valence-corrected chi connectivity index (χ3v) is 3.43. The molecule has 0 aliphatic heterocycles. The van der Waals surface area contributed by atoms with Gasteiger partial charge in [0.05, 0.1) is 22.5 Å². The van der Waals surface area contributed by atoms with Gasteiger partial charge in [-0.1, -0.05) is 11.6 Å². The summed E-state index contributed by atoms with van der Waals surface area (Å²) in [7, 11) is 0. The molecule has 1 heterocycles. The zero-order chi connectivity index (χ0) is 13.1. The lowest BCUT2D eigenvalue weighted by atomic mass is 10.2. The molecule has 6 heteroatoms. The van der Waals surface area contributed by atoms with Gasteiger partial charge in [-0.3, -0.25) is 0 Å². The van der Waals surface area contributed by atoms with Crippen LogP contribution in [0.25, 0.3) is 0 Å². The van der Waals surface area contributed by atoms with Crippen molar-refractivity contribution in [2.75, 3.05) is 11.1 Å². The van der Waals surface area contributed by atoms with Gasteiger partial charge in [0.1, 0.15) is 11.9 Å². The number of halogens is 2. The van der Waals surface area contributed by atoms with E-state index in [0.717, 1.165) is 10.2 Å². The van der Waals surface area contributed by atoms with Gasteiger partial charge >= 0.3 is 0 Å². The fourth-order valence-corrected chi connectivity index (χ4v) is 1.87. The first-order valence-electron chi connectivity index (χ1n) is 4.98. The van der Waals surface area contributed by atoms with E-state index in [0.29, 0.717) is 22.1 Å². The van der Waals surface area contributed by atoms with Gasteiger partial charge in [0.15, 0.2) is 0 Å². The van der Waals surface area contributed by atoms with Crippen LogP contribution in [0.2, 0.25) is 5.02 Å². The molecule has 1 aromatic heterocycles. The number of nitrogens with one attached hydrogen (secondary N) is 1. The Labute approximate surface area is 118 Å². The molecule has 90 valence electrons. The third kappa shape index (κ3) is 2.73. The van der Waals surface area contributed by atoms with Crippen molar-refractivity contribution in [2.45, 2.75) is 0 Å². The zero-order valence-corrected chi connectivity index (χ0v) is 11.5. The lowest BCUT2D eigenvalue weighted by Gasteiger charge is -2.08. The molecule has 0 atom stereocenters. The predicted octanol–water partition coefficient (Wildman–Crippen LogP) is 3.69. The van der Waals surface area contributed by atoms with Gasteiger partial charge in [0.25, 0.3) is 0 Å². The summed E-state index contributed by atoms with van der Waals surface area (Å²) in [6.45, 7) is 0. The first-order valence-corrected chi connectivity index (χ1v) is 6.15. The van der Waals surface area contributed by atoms with Gasteiger partial charge in [-0.25, -0.2) is 4.98 Å². The van der Waals surface area contributed by atoms with Gasteiger partial charge in [-0.2, -0.15) is 5.26 Å². The second-order valence-electron chi connectivity index (χ2n) is 3.53. The highest BCUT2D eigenvalue weighted by Gasteiger charge is 2.06. The second-order valence-corrected chi connectivity index (χ2v) is 4.79. The van der Waals surface area contributed by atoms with E-state index in [1.54, 1.807) is 18.2 Å². The quantitative estimate of drug-likeness (QED) is 0.883. The predicted molar refractivity (Wildman–Crippen MR) is 75.8 cm³/mol. The van der Waals surface area contributed by atoms with Crippen LogP contribution in [0.4, 0.5) is 17.2 Å². The van der Waals surface area contributed by atoms with Gasteiger partial charge in [0.2, 0.25) is 0 Å². The molecule has 18 heavy (non-hydrogen) atoms. The topological polar surface area (TPSA) is 74.7 Å². The Hall–Kier alpha value is -1.77. The lowest BCUT2D eigenvalue weighted by Crippen LogP contribution is -1.98. The number of aromatic nitrogens is 1. The van der Waals surface area contributed by atoms with Crippen molar-refractivity contribution in [1.82, 2.24) is 4.98 Å². The van der Waals surface area contributed by atoms with Crippen LogP contribution in [-0.4, -0.2) is 4.98 Å². The molecule has 0 aliphatic rings. The van der Waals surface area contributed by atoms with E-state index >= 15 is 0 Å². The summed E-state index contributed by atoms with van der Waals surface area (Å²) in [5.41, 5.74) is 7.19. The highest BCUT2D eigenvalue weighted by Crippen LogP contribution is 2.27. The summed E-state index contributed by atoms with van der Waals surface area (Å²) in [5.74, 6) is 0.459. The molecule has 0 amide bonds. The zero-order valence-electron chi connectivity index (χ0n) is 9.11. The molecule has 0 fully saturated rings. The van der Waals surface area contributed by atoms with Crippen molar-refractivity contribution in [3.63, 3.8) is 0 Å². The normalized spacial score (nSPS) is 9.83. The van der Waals surface area contributed by atoms with Crippen molar-refractivity contribution in [1.29, 1.82) is 5.26 Å². The number of rotatable bonds is 2. The fourth-order valence-electron chi connectivity index (χ4n) is 1.38. The number of anilines is 3. The molecular formula is C12H8BrClN4. The van der Waals surface area contributed by atoms with Crippen LogP contribution in [-0.2, 0) is 0 Å². The highest BCUT2D eigenvalue weighted by molar-refractivity contribution is 9.10. The van der Waals surface area contributed by atoms with Crippen LogP contribution in [0.1, 0.15) is 5.56 Å². The van der Waals surface area contributed by atoms with E-state index in [9.17, 15) is 0 Å². The number of hydrogen-bond acceptors (Lipinski definition) is 4. The maximum atomic E-state index is 9.00. The summed E-state index contributed by atoms with van der Waals surface area (Å²) in [6, 6.07) is 8.96. The molecule has 3 N–H and O–H groups in total. The van der Waals surface area contributed by atoms with E-state index in [2.05, 4.69) is 26.2 Å². The minimum absolute atomic E-state index is 0.390. The standard InChI is InChI=1S/C12H8BrClN4/c13-10-4-9(1-2-11(10)14)18-12-7(5-15)3-8(16)6-17-12/h1-4,6H,16H2,(H,17,18). The number of benzene rings is 1. The maximum absolute atomic E-state index is 9.00. The van der Waals surface area contributed by atoms with Gasteiger partial charge < -0.3 is 11.1 Å². The molecular weight excluding hydrogens is 316 g/mol. The van der Waals surface area contributed by atoms with Crippen molar-refractivity contribution >= 4 is 44.7 Å². The van der Waals surface area contributed by atoms with Crippen LogP contribution in [0, 0.1) is 11.3 Å². The van der Waals surface area contributed by atoms with E-state index in [-0.39, 0.29) is 0 Å². The van der Waals surface area contributed by atoms with Crippen LogP contribution in [0.5, 0.6) is 0 Å². The smallest absolute Gasteiger partial charge is 0.148 e. The Morgan fingerprint density at radius 3 is 2.83 bits per heavy atom. The average molecular weight is 324 g/mol. The minimum Gasteiger partial charge on any atom is -0.397 e.